The lowest BCUT2D eigenvalue weighted by atomic mass is 10.1. The fourth-order valence-electron chi connectivity index (χ4n) is 2.45. The second-order valence-corrected chi connectivity index (χ2v) is 7.88. The Kier molecular flexibility index (Phi) is 8.48. The Labute approximate surface area is 174 Å². The number of nitrogens with one attached hydrogen (secondary N) is 1. The Morgan fingerprint density at radius 1 is 1.04 bits per heavy atom. The van der Waals surface area contributed by atoms with E-state index < -0.39 is 6.04 Å². The third kappa shape index (κ3) is 6.76. The molecule has 2 rings (SSSR count). The molecule has 0 bridgehead atoms. The molecule has 0 aliphatic heterocycles. The zero-order valence-electron chi connectivity index (χ0n) is 15.2. The molecule has 0 unspecified atom stereocenters. The molecule has 0 aliphatic rings. The fraction of sp³-hybridized carbons (Fsp3) is 0.300. The maximum atomic E-state index is 12.9. The van der Waals surface area contributed by atoms with Gasteiger partial charge >= 0.3 is 0 Å². The summed E-state index contributed by atoms with van der Waals surface area (Å²) in [5, 5.41) is 4.06. The van der Waals surface area contributed by atoms with Gasteiger partial charge in [0.15, 0.2) is 0 Å². The Morgan fingerprint density at radius 2 is 1.59 bits per heavy atom. The van der Waals surface area contributed by atoms with Gasteiger partial charge in [0, 0.05) is 28.0 Å². The summed E-state index contributed by atoms with van der Waals surface area (Å²) >= 11 is 13.2. The molecule has 2 aromatic carbocycles. The summed E-state index contributed by atoms with van der Waals surface area (Å²) in [6.45, 7) is 4.46. The molecule has 0 spiro atoms. The van der Waals surface area contributed by atoms with Gasteiger partial charge in [-0.15, -0.1) is 11.8 Å². The number of rotatable bonds is 8. The number of nitrogens with zero attached hydrogens (tertiary/aromatic N) is 1. The SMILES string of the molecule is CCNC(=O)[C@H](C)N(Cc1ccc(Cl)cc1)C(=O)CSc1ccc(Cl)cc1. The maximum absolute atomic E-state index is 12.9. The van der Waals surface area contributed by atoms with Crippen molar-refractivity contribution in [1.82, 2.24) is 10.2 Å². The summed E-state index contributed by atoms with van der Waals surface area (Å²) in [4.78, 5) is 27.7. The van der Waals surface area contributed by atoms with Crippen molar-refractivity contribution in [3.8, 4) is 0 Å². The first-order chi connectivity index (χ1) is 12.9. The van der Waals surface area contributed by atoms with Crippen molar-refractivity contribution in [2.45, 2.75) is 31.3 Å². The summed E-state index contributed by atoms with van der Waals surface area (Å²) in [5.41, 5.74) is 0.917. The number of carbonyl (C=O) groups excluding carboxylic acids is 2. The molecule has 1 N–H and O–H groups in total. The number of benzene rings is 2. The van der Waals surface area contributed by atoms with Crippen LogP contribution in [-0.2, 0) is 16.1 Å². The molecule has 0 aliphatic carbocycles. The number of thioether (sulfide) groups is 1. The summed E-state index contributed by atoms with van der Waals surface area (Å²) in [7, 11) is 0. The number of carbonyl (C=O) groups is 2. The predicted molar refractivity (Wildman–Crippen MR) is 112 cm³/mol. The van der Waals surface area contributed by atoms with Crippen molar-refractivity contribution in [1.29, 1.82) is 0 Å². The van der Waals surface area contributed by atoms with E-state index in [1.807, 2.05) is 31.2 Å². The van der Waals surface area contributed by atoms with Crippen molar-refractivity contribution in [2.75, 3.05) is 12.3 Å². The van der Waals surface area contributed by atoms with Crippen LogP contribution in [0.25, 0.3) is 0 Å². The van der Waals surface area contributed by atoms with Crippen molar-refractivity contribution in [3.63, 3.8) is 0 Å². The van der Waals surface area contributed by atoms with E-state index in [-0.39, 0.29) is 17.6 Å². The van der Waals surface area contributed by atoms with Gasteiger partial charge in [-0.25, -0.2) is 0 Å². The van der Waals surface area contributed by atoms with Gasteiger partial charge in [-0.1, -0.05) is 35.3 Å². The van der Waals surface area contributed by atoms with E-state index in [4.69, 9.17) is 23.2 Å². The number of amides is 2. The van der Waals surface area contributed by atoms with Gasteiger partial charge in [0.2, 0.25) is 11.8 Å². The second-order valence-electron chi connectivity index (χ2n) is 5.96. The van der Waals surface area contributed by atoms with Crippen LogP contribution >= 0.6 is 35.0 Å². The summed E-state index contributed by atoms with van der Waals surface area (Å²) in [5.74, 6) is -0.0427. The molecule has 0 saturated heterocycles. The topological polar surface area (TPSA) is 49.4 Å². The minimum Gasteiger partial charge on any atom is -0.355 e. The predicted octanol–water partition coefficient (Wildman–Crippen LogP) is 4.64. The minimum absolute atomic E-state index is 0.108. The summed E-state index contributed by atoms with van der Waals surface area (Å²) < 4.78 is 0. The standard InChI is InChI=1S/C20H22Cl2N2O2S/c1-3-23-20(26)14(2)24(12-15-4-6-16(21)7-5-15)19(25)13-27-18-10-8-17(22)9-11-18/h4-11,14H,3,12-13H2,1-2H3,(H,23,26)/t14-/m0/s1. The fourth-order valence-corrected chi connectivity index (χ4v) is 3.49. The van der Waals surface area contributed by atoms with Crippen LogP contribution in [0.1, 0.15) is 19.4 Å². The van der Waals surface area contributed by atoms with Crippen LogP contribution in [0.5, 0.6) is 0 Å². The zero-order chi connectivity index (χ0) is 19.8. The lowest BCUT2D eigenvalue weighted by Crippen LogP contribution is -2.48. The molecular formula is C20H22Cl2N2O2S. The normalized spacial score (nSPS) is 11.7. The van der Waals surface area contributed by atoms with Crippen LogP contribution in [0.3, 0.4) is 0 Å². The third-order valence-corrected chi connectivity index (χ3v) is 5.46. The second kappa shape index (κ2) is 10.6. The van der Waals surface area contributed by atoms with E-state index in [1.165, 1.54) is 11.8 Å². The Morgan fingerprint density at radius 3 is 2.15 bits per heavy atom. The molecular weight excluding hydrogens is 403 g/mol. The molecule has 144 valence electrons. The van der Waals surface area contributed by atoms with E-state index in [1.54, 1.807) is 36.1 Å². The average Bonchev–Trinajstić information content (AvgIpc) is 2.66. The van der Waals surface area contributed by atoms with Gasteiger partial charge in [-0.3, -0.25) is 9.59 Å². The number of likely N-dealkylation sites (N-methyl/N-ethyl adjacent to an activating group) is 1. The average molecular weight is 425 g/mol. The smallest absolute Gasteiger partial charge is 0.242 e. The lowest BCUT2D eigenvalue weighted by Gasteiger charge is -2.28. The molecule has 0 aromatic heterocycles. The first-order valence-electron chi connectivity index (χ1n) is 8.60. The zero-order valence-corrected chi connectivity index (χ0v) is 17.6. The largest absolute Gasteiger partial charge is 0.355 e. The first-order valence-corrected chi connectivity index (χ1v) is 10.3. The van der Waals surface area contributed by atoms with Crippen LogP contribution in [-0.4, -0.2) is 35.1 Å². The number of hydrogen-bond acceptors (Lipinski definition) is 3. The van der Waals surface area contributed by atoms with Crippen LogP contribution < -0.4 is 5.32 Å². The molecule has 0 heterocycles. The minimum atomic E-state index is -0.570. The van der Waals surface area contributed by atoms with Crippen LogP contribution in [0.4, 0.5) is 0 Å². The lowest BCUT2D eigenvalue weighted by molar-refractivity contribution is -0.138. The molecule has 1 atom stereocenters. The molecule has 0 saturated carbocycles. The quantitative estimate of drug-likeness (QED) is 0.627. The van der Waals surface area contributed by atoms with Gasteiger partial charge in [-0.05, 0) is 55.8 Å². The molecule has 0 radical (unpaired) electrons. The molecule has 2 amide bonds. The third-order valence-electron chi connectivity index (χ3n) is 3.96. The first kappa shape index (κ1) is 21.6. The molecule has 7 heteroatoms. The van der Waals surface area contributed by atoms with Crippen LogP contribution in [0.15, 0.2) is 53.4 Å². The number of hydrogen-bond donors (Lipinski definition) is 1. The highest BCUT2D eigenvalue weighted by atomic mass is 35.5. The summed E-state index contributed by atoms with van der Waals surface area (Å²) in [6, 6.07) is 14.0. The van der Waals surface area contributed by atoms with Gasteiger partial charge < -0.3 is 10.2 Å². The van der Waals surface area contributed by atoms with Gasteiger partial charge in [-0.2, -0.15) is 0 Å². The van der Waals surface area contributed by atoms with Crippen molar-refractivity contribution in [3.05, 3.63) is 64.1 Å². The highest BCUT2D eigenvalue weighted by Gasteiger charge is 2.25. The highest BCUT2D eigenvalue weighted by Crippen LogP contribution is 2.22. The van der Waals surface area contributed by atoms with Crippen molar-refractivity contribution < 1.29 is 9.59 Å². The van der Waals surface area contributed by atoms with Gasteiger partial charge in [0.05, 0.1) is 5.75 Å². The van der Waals surface area contributed by atoms with Gasteiger partial charge in [0.1, 0.15) is 6.04 Å². The molecule has 2 aromatic rings. The van der Waals surface area contributed by atoms with E-state index in [2.05, 4.69) is 5.32 Å². The Bertz CT molecular complexity index is 767. The molecule has 27 heavy (non-hydrogen) atoms. The summed E-state index contributed by atoms with van der Waals surface area (Å²) in [6.07, 6.45) is 0. The van der Waals surface area contributed by atoms with Crippen LogP contribution in [0, 0.1) is 0 Å². The maximum Gasteiger partial charge on any atom is 0.242 e. The molecule has 4 nitrogen and oxygen atoms in total. The highest BCUT2D eigenvalue weighted by molar-refractivity contribution is 8.00. The van der Waals surface area contributed by atoms with Crippen molar-refractivity contribution >= 4 is 46.8 Å². The van der Waals surface area contributed by atoms with E-state index in [0.29, 0.717) is 23.1 Å². The number of halogens is 2. The van der Waals surface area contributed by atoms with Gasteiger partial charge in [0.25, 0.3) is 0 Å². The Hall–Kier alpha value is -1.69. The Balaban J connectivity index is 2.11. The van der Waals surface area contributed by atoms with E-state index >= 15 is 0 Å². The van der Waals surface area contributed by atoms with Crippen molar-refractivity contribution in [2.24, 2.45) is 0 Å². The molecule has 0 fully saturated rings. The van der Waals surface area contributed by atoms with E-state index in [9.17, 15) is 9.59 Å². The monoisotopic (exact) mass is 424 g/mol. The van der Waals surface area contributed by atoms with E-state index in [0.717, 1.165) is 10.5 Å². The van der Waals surface area contributed by atoms with Crippen LogP contribution in [0.2, 0.25) is 10.0 Å².